The van der Waals surface area contributed by atoms with E-state index >= 15 is 0 Å². The van der Waals surface area contributed by atoms with Crippen LogP contribution in [-0.2, 0) is 0 Å². The standard InChI is InChI=1S/C12H19N3OS2/c1-2-9-10(18-6-5-17-9)11-14-12(16-15-11)8-3-4-13-7-8/h8-10,13H,2-7H2,1H3. The molecule has 1 aromatic heterocycles. The van der Waals surface area contributed by atoms with E-state index in [-0.39, 0.29) is 0 Å². The van der Waals surface area contributed by atoms with Gasteiger partial charge in [-0.2, -0.15) is 16.7 Å². The van der Waals surface area contributed by atoms with Gasteiger partial charge in [0.25, 0.3) is 0 Å². The summed E-state index contributed by atoms with van der Waals surface area (Å²) >= 11 is 4.04. The molecule has 2 saturated heterocycles. The highest BCUT2D eigenvalue weighted by Crippen LogP contribution is 2.43. The van der Waals surface area contributed by atoms with Crippen molar-refractivity contribution in [2.75, 3.05) is 24.6 Å². The lowest BCUT2D eigenvalue weighted by atomic mass is 10.1. The third-order valence-electron chi connectivity index (χ3n) is 3.57. The third kappa shape index (κ3) is 2.56. The summed E-state index contributed by atoms with van der Waals surface area (Å²) in [7, 11) is 0. The van der Waals surface area contributed by atoms with Crippen LogP contribution in [-0.4, -0.2) is 40.0 Å². The summed E-state index contributed by atoms with van der Waals surface area (Å²) in [5, 5.41) is 8.63. The largest absolute Gasteiger partial charge is 0.339 e. The SMILES string of the molecule is CCC1SCCSC1c1noc(C2CCNC2)n1. The lowest BCUT2D eigenvalue weighted by Crippen LogP contribution is -2.19. The molecule has 0 bridgehead atoms. The molecule has 3 rings (SSSR count). The van der Waals surface area contributed by atoms with Crippen molar-refractivity contribution < 1.29 is 4.52 Å². The van der Waals surface area contributed by atoms with Crippen molar-refractivity contribution in [1.82, 2.24) is 15.5 Å². The van der Waals surface area contributed by atoms with Crippen LogP contribution < -0.4 is 5.32 Å². The molecule has 0 amide bonds. The highest BCUT2D eigenvalue weighted by atomic mass is 32.2. The quantitative estimate of drug-likeness (QED) is 0.920. The monoisotopic (exact) mass is 285 g/mol. The summed E-state index contributed by atoms with van der Waals surface area (Å²) in [6.07, 6.45) is 2.29. The van der Waals surface area contributed by atoms with Gasteiger partial charge in [-0.25, -0.2) is 0 Å². The molecule has 4 nitrogen and oxygen atoms in total. The Morgan fingerprint density at radius 1 is 1.39 bits per heavy atom. The van der Waals surface area contributed by atoms with Crippen LogP contribution >= 0.6 is 23.5 Å². The Kier molecular flexibility index (Phi) is 4.16. The first kappa shape index (κ1) is 12.8. The molecule has 100 valence electrons. The molecule has 3 atom stereocenters. The minimum atomic E-state index is 0.417. The van der Waals surface area contributed by atoms with Crippen LogP contribution in [0.25, 0.3) is 0 Å². The Morgan fingerprint density at radius 2 is 2.28 bits per heavy atom. The second-order valence-electron chi connectivity index (χ2n) is 4.79. The van der Waals surface area contributed by atoms with Crippen LogP contribution in [0.15, 0.2) is 4.52 Å². The van der Waals surface area contributed by atoms with Crippen molar-refractivity contribution in [3.63, 3.8) is 0 Å². The van der Waals surface area contributed by atoms with E-state index in [2.05, 4.69) is 34.1 Å². The summed E-state index contributed by atoms with van der Waals surface area (Å²) in [6, 6.07) is 0. The summed E-state index contributed by atoms with van der Waals surface area (Å²) in [5.41, 5.74) is 0. The van der Waals surface area contributed by atoms with Gasteiger partial charge in [0.2, 0.25) is 5.89 Å². The number of aromatic nitrogens is 2. The maximum absolute atomic E-state index is 5.47. The molecule has 1 aromatic rings. The highest BCUT2D eigenvalue weighted by Gasteiger charge is 2.31. The van der Waals surface area contributed by atoms with Crippen molar-refractivity contribution in [2.45, 2.75) is 36.2 Å². The minimum Gasteiger partial charge on any atom is -0.339 e. The fraction of sp³-hybridized carbons (Fsp3) is 0.833. The maximum atomic E-state index is 5.47. The van der Waals surface area contributed by atoms with E-state index in [1.165, 1.54) is 17.9 Å². The van der Waals surface area contributed by atoms with Gasteiger partial charge < -0.3 is 9.84 Å². The fourth-order valence-corrected chi connectivity index (χ4v) is 5.52. The van der Waals surface area contributed by atoms with E-state index in [0.29, 0.717) is 16.4 Å². The van der Waals surface area contributed by atoms with Crippen LogP contribution in [0.3, 0.4) is 0 Å². The third-order valence-corrected chi connectivity index (χ3v) is 6.82. The zero-order valence-electron chi connectivity index (χ0n) is 10.6. The number of nitrogens with one attached hydrogen (secondary N) is 1. The second-order valence-corrected chi connectivity index (χ2v) is 7.39. The van der Waals surface area contributed by atoms with Crippen molar-refractivity contribution in [3.05, 3.63) is 11.7 Å². The van der Waals surface area contributed by atoms with Gasteiger partial charge in [0.15, 0.2) is 5.82 Å². The molecule has 2 aliphatic heterocycles. The average molecular weight is 285 g/mol. The zero-order valence-corrected chi connectivity index (χ0v) is 12.2. The molecule has 1 N–H and O–H groups in total. The van der Waals surface area contributed by atoms with Gasteiger partial charge in [-0.1, -0.05) is 12.1 Å². The molecule has 6 heteroatoms. The maximum Gasteiger partial charge on any atom is 0.231 e. The van der Waals surface area contributed by atoms with Crippen LogP contribution in [0.5, 0.6) is 0 Å². The van der Waals surface area contributed by atoms with Crippen LogP contribution in [0, 0.1) is 0 Å². The highest BCUT2D eigenvalue weighted by molar-refractivity contribution is 8.06. The van der Waals surface area contributed by atoms with Gasteiger partial charge in [-0.15, -0.1) is 11.8 Å². The second kappa shape index (κ2) is 5.84. The first-order valence-electron chi connectivity index (χ1n) is 6.66. The van der Waals surface area contributed by atoms with Crippen molar-refractivity contribution in [2.24, 2.45) is 0 Å². The van der Waals surface area contributed by atoms with E-state index in [9.17, 15) is 0 Å². The molecule has 18 heavy (non-hydrogen) atoms. The van der Waals surface area contributed by atoms with Crippen LogP contribution in [0.1, 0.15) is 42.6 Å². The van der Waals surface area contributed by atoms with E-state index in [4.69, 9.17) is 4.52 Å². The summed E-state index contributed by atoms with van der Waals surface area (Å²) < 4.78 is 5.47. The molecule has 0 saturated carbocycles. The van der Waals surface area contributed by atoms with Gasteiger partial charge in [0.05, 0.1) is 11.2 Å². The summed E-state index contributed by atoms with van der Waals surface area (Å²) in [4.78, 5) is 4.66. The molecular weight excluding hydrogens is 266 g/mol. The Bertz CT molecular complexity index is 392. The van der Waals surface area contributed by atoms with Crippen LogP contribution in [0.4, 0.5) is 0 Å². The molecule has 0 spiro atoms. The van der Waals surface area contributed by atoms with Gasteiger partial charge >= 0.3 is 0 Å². The first-order valence-corrected chi connectivity index (χ1v) is 8.75. The van der Waals surface area contributed by atoms with Crippen molar-refractivity contribution in [3.8, 4) is 0 Å². The lowest BCUT2D eigenvalue weighted by molar-refractivity contribution is 0.354. The molecular formula is C12H19N3OS2. The molecule has 0 radical (unpaired) electrons. The topological polar surface area (TPSA) is 51.0 Å². The number of nitrogens with zero attached hydrogens (tertiary/aromatic N) is 2. The summed E-state index contributed by atoms with van der Waals surface area (Å²) in [5.74, 6) is 4.62. The van der Waals surface area contributed by atoms with E-state index < -0.39 is 0 Å². The van der Waals surface area contributed by atoms with E-state index in [1.807, 2.05) is 11.8 Å². The van der Waals surface area contributed by atoms with Crippen molar-refractivity contribution >= 4 is 23.5 Å². The predicted octanol–water partition coefficient (Wildman–Crippen LogP) is 2.45. The molecule has 0 aromatic carbocycles. The Balaban J connectivity index is 1.74. The van der Waals surface area contributed by atoms with E-state index in [1.54, 1.807) is 0 Å². The molecule has 3 heterocycles. The van der Waals surface area contributed by atoms with Gasteiger partial charge in [-0.3, -0.25) is 0 Å². The molecule has 2 aliphatic rings. The van der Waals surface area contributed by atoms with Crippen LogP contribution in [0.2, 0.25) is 0 Å². The number of thioether (sulfide) groups is 2. The average Bonchev–Trinajstić information content (AvgIpc) is 3.09. The smallest absolute Gasteiger partial charge is 0.231 e. The molecule has 0 aliphatic carbocycles. The Labute approximate surface area is 116 Å². The zero-order chi connectivity index (χ0) is 12.4. The van der Waals surface area contributed by atoms with E-state index in [0.717, 1.165) is 31.2 Å². The predicted molar refractivity (Wildman–Crippen MR) is 76.3 cm³/mol. The van der Waals surface area contributed by atoms with Gasteiger partial charge in [-0.05, 0) is 19.4 Å². The summed E-state index contributed by atoms with van der Waals surface area (Å²) in [6.45, 7) is 4.29. The van der Waals surface area contributed by atoms with Crippen molar-refractivity contribution in [1.29, 1.82) is 0 Å². The van der Waals surface area contributed by atoms with Gasteiger partial charge in [0, 0.05) is 23.3 Å². The van der Waals surface area contributed by atoms with Gasteiger partial charge in [0.1, 0.15) is 0 Å². The number of hydrogen-bond donors (Lipinski definition) is 1. The molecule has 2 fully saturated rings. The lowest BCUT2D eigenvalue weighted by Gasteiger charge is -2.27. The fourth-order valence-electron chi connectivity index (χ4n) is 2.54. The Morgan fingerprint density at radius 3 is 3.06 bits per heavy atom. The minimum absolute atomic E-state index is 0.417. The normalized spacial score (nSPS) is 32.8. The number of rotatable bonds is 3. The number of hydrogen-bond acceptors (Lipinski definition) is 6. The molecule has 3 unspecified atom stereocenters. The first-order chi connectivity index (χ1) is 8.88. The Hall–Kier alpha value is -0.200.